The Balaban J connectivity index is 1.58. The van der Waals surface area contributed by atoms with Gasteiger partial charge in [0, 0.05) is 32.5 Å². The molecule has 2 heterocycles. The Bertz CT molecular complexity index is 853. The summed E-state index contributed by atoms with van der Waals surface area (Å²) in [6, 6.07) is 4.64. The zero-order valence-electron chi connectivity index (χ0n) is 14.4. The predicted octanol–water partition coefficient (Wildman–Crippen LogP) is 1.19. The summed E-state index contributed by atoms with van der Waals surface area (Å²) in [4.78, 5) is 32.0. The number of carbonyl (C=O) groups is 2. The normalized spacial score (nSPS) is 14.6. The van der Waals surface area contributed by atoms with Crippen molar-refractivity contribution < 1.29 is 19.1 Å². The molecule has 0 bridgehead atoms. The van der Waals surface area contributed by atoms with Gasteiger partial charge >= 0.3 is 5.97 Å². The second kappa shape index (κ2) is 6.87. The Morgan fingerprint density at radius 1 is 1.27 bits per heavy atom. The summed E-state index contributed by atoms with van der Waals surface area (Å²) in [6.07, 6.45) is 2.91. The molecule has 0 spiro atoms. The number of hydrogen-bond acceptors (Lipinski definition) is 8. The third-order valence-corrected chi connectivity index (χ3v) is 3.62. The third kappa shape index (κ3) is 3.82. The number of nitrogen functional groups attached to an aromatic ring is 1. The van der Waals surface area contributed by atoms with Crippen LogP contribution in [0.2, 0.25) is 0 Å². The standard InChI is InChI=1S/C17H19N5O4/c1-17(2)25-13-4-3-10(7-11(13)16(24)26-17)15(23)21-6-5-20-12-8-19-9-22-14(12)18/h3-4,7-9,20H,5-6H2,1-2H3,(H,21,23)(H2,18,19,22). The number of cyclic esters (lactones) is 1. The highest BCUT2D eigenvalue weighted by molar-refractivity contribution is 6.00. The van der Waals surface area contributed by atoms with Crippen LogP contribution in [0, 0.1) is 0 Å². The first-order valence-electron chi connectivity index (χ1n) is 8.00. The molecule has 0 radical (unpaired) electrons. The molecule has 0 atom stereocenters. The van der Waals surface area contributed by atoms with E-state index in [4.69, 9.17) is 15.2 Å². The van der Waals surface area contributed by atoms with Gasteiger partial charge in [-0.15, -0.1) is 0 Å². The van der Waals surface area contributed by atoms with E-state index in [-0.39, 0.29) is 11.5 Å². The summed E-state index contributed by atoms with van der Waals surface area (Å²) >= 11 is 0. The molecular formula is C17H19N5O4. The molecule has 26 heavy (non-hydrogen) atoms. The summed E-state index contributed by atoms with van der Waals surface area (Å²) in [7, 11) is 0. The van der Waals surface area contributed by atoms with Crippen molar-refractivity contribution in [3.8, 4) is 5.75 Å². The van der Waals surface area contributed by atoms with E-state index >= 15 is 0 Å². The maximum Gasteiger partial charge on any atom is 0.345 e. The molecular weight excluding hydrogens is 338 g/mol. The minimum Gasteiger partial charge on any atom is -0.452 e. The molecule has 9 heteroatoms. The average Bonchev–Trinajstić information content (AvgIpc) is 2.58. The topological polar surface area (TPSA) is 128 Å². The van der Waals surface area contributed by atoms with Crippen LogP contribution in [0.25, 0.3) is 0 Å². The molecule has 1 aromatic carbocycles. The number of rotatable bonds is 5. The molecule has 4 N–H and O–H groups in total. The van der Waals surface area contributed by atoms with E-state index < -0.39 is 11.8 Å². The fraction of sp³-hybridized carbons (Fsp3) is 0.294. The molecule has 0 saturated carbocycles. The lowest BCUT2D eigenvalue weighted by Gasteiger charge is -2.31. The van der Waals surface area contributed by atoms with E-state index in [9.17, 15) is 9.59 Å². The van der Waals surface area contributed by atoms with Crippen LogP contribution in [0.3, 0.4) is 0 Å². The summed E-state index contributed by atoms with van der Waals surface area (Å²) in [5.74, 6) is -1.13. The number of fused-ring (bicyclic) bond motifs is 1. The van der Waals surface area contributed by atoms with Crippen molar-refractivity contribution in [1.82, 2.24) is 15.3 Å². The van der Waals surface area contributed by atoms with Gasteiger partial charge in [-0.3, -0.25) is 4.79 Å². The number of benzene rings is 1. The zero-order chi connectivity index (χ0) is 18.7. The largest absolute Gasteiger partial charge is 0.452 e. The fourth-order valence-corrected chi connectivity index (χ4v) is 2.43. The number of aromatic nitrogens is 2. The van der Waals surface area contributed by atoms with Gasteiger partial charge in [0.15, 0.2) is 0 Å². The molecule has 1 amide bonds. The van der Waals surface area contributed by atoms with Crippen molar-refractivity contribution in [3.63, 3.8) is 0 Å². The van der Waals surface area contributed by atoms with Crippen molar-refractivity contribution >= 4 is 23.4 Å². The van der Waals surface area contributed by atoms with E-state index in [1.165, 1.54) is 12.4 Å². The molecule has 1 aliphatic rings. The minimum absolute atomic E-state index is 0.226. The van der Waals surface area contributed by atoms with Gasteiger partial charge in [-0.2, -0.15) is 0 Å². The maximum atomic E-state index is 12.3. The van der Waals surface area contributed by atoms with Gasteiger partial charge in [0.2, 0.25) is 5.79 Å². The summed E-state index contributed by atoms with van der Waals surface area (Å²) in [5.41, 5.74) is 6.85. The smallest absolute Gasteiger partial charge is 0.345 e. The molecule has 0 unspecified atom stereocenters. The average molecular weight is 357 g/mol. The van der Waals surface area contributed by atoms with Crippen molar-refractivity contribution in [1.29, 1.82) is 0 Å². The highest BCUT2D eigenvalue weighted by atomic mass is 16.7. The molecule has 2 aromatic rings. The van der Waals surface area contributed by atoms with E-state index in [2.05, 4.69) is 20.6 Å². The number of hydrogen-bond donors (Lipinski definition) is 3. The van der Waals surface area contributed by atoms with Crippen LogP contribution in [-0.2, 0) is 4.74 Å². The molecule has 3 rings (SSSR count). The highest BCUT2D eigenvalue weighted by Gasteiger charge is 2.34. The fourth-order valence-electron chi connectivity index (χ4n) is 2.43. The number of anilines is 2. The third-order valence-electron chi connectivity index (χ3n) is 3.62. The summed E-state index contributed by atoms with van der Waals surface area (Å²) in [5, 5.41) is 5.78. The van der Waals surface area contributed by atoms with Crippen molar-refractivity contribution in [2.45, 2.75) is 19.6 Å². The molecule has 0 aliphatic carbocycles. The van der Waals surface area contributed by atoms with Crippen molar-refractivity contribution in [3.05, 3.63) is 41.9 Å². The first-order valence-corrected chi connectivity index (χ1v) is 8.00. The van der Waals surface area contributed by atoms with Gasteiger partial charge in [0.25, 0.3) is 5.91 Å². The first-order chi connectivity index (χ1) is 12.4. The van der Waals surface area contributed by atoms with Gasteiger partial charge in [-0.1, -0.05) is 0 Å². The van der Waals surface area contributed by atoms with E-state index in [1.807, 2.05) is 0 Å². The summed E-state index contributed by atoms with van der Waals surface area (Å²) in [6.45, 7) is 4.07. The van der Waals surface area contributed by atoms with E-state index in [0.29, 0.717) is 35.9 Å². The second-order valence-electron chi connectivity index (χ2n) is 6.11. The lowest BCUT2D eigenvalue weighted by Crippen LogP contribution is -2.39. The molecule has 0 fully saturated rings. The van der Waals surface area contributed by atoms with Crippen LogP contribution in [0.15, 0.2) is 30.7 Å². The number of nitrogens with zero attached hydrogens (tertiary/aromatic N) is 2. The number of esters is 1. The molecule has 9 nitrogen and oxygen atoms in total. The molecule has 0 saturated heterocycles. The van der Waals surface area contributed by atoms with E-state index in [0.717, 1.165) is 0 Å². The van der Waals surface area contributed by atoms with Gasteiger partial charge < -0.3 is 25.8 Å². The lowest BCUT2D eigenvalue weighted by molar-refractivity contribution is -0.127. The molecule has 1 aliphatic heterocycles. The number of nitrogens with two attached hydrogens (primary N) is 1. The van der Waals surface area contributed by atoms with Gasteiger partial charge in [-0.25, -0.2) is 14.8 Å². The van der Waals surface area contributed by atoms with Gasteiger partial charge in [0.05, 0.1) is 11.9 Å². The van der Waals surface area contributed by atoms with Crippen molar-refractivity contribution in [2.75, 3.05) is 24.1 Å². The Kier molecular flexibility index (Phi) is 4.61. The lowest BCUT2D eigenvalue weighted by atomic mass is 10.1. The quantitative estimate of drug-likeness (QED) is 0.537. The number of amides is 1. The molecule has 1 aromatic heterocycles. The Morgan fingerprint density at radius 2 is 2.08 bits per heavy atom. The number of ether oxygens (including phenoxy) is 2. The van der Waals surface area contributed by atoms with Gasteiger partial charge in [0.1, 0.15) is 23.5 Å². The minimum atomic E-state index is -1.03. The number of nitrogens with one attached hydrogen (secondary N) is 2. The Hall–Kier alpha value is -3.36. The predicted molar refractivity (Wildman–Crippen MR) is 93.8 cm³/mol. The van der Waals surface area contributed by atoms with Gasteiger partial charge in [-0.05, 0) is 18.2 Å². The first kappa shape index (κ1) is 17.5. The monoisotopic (exact) mass is 357 g/mol. The zero-order valence-corrected chi connectivity index (χ0v) is 14.4. The van der Waals surface area contributed by atoms with Crippen LogP contribution >= 0.6 is 0 Å². The van der Waals surface area contributed by atoms with Crippen molar-refractivity contribution in [2.24, 2.45) is 0 Å². The van der Waals surface area contributed by atoms with Crippen LogP contribution in [0.1, 0.15) is 34.6 Å². The molecule has 136 valence electrons. The van der Waals surface area contributed by atoms with E-state index in [1.54, 1.807) is 32.2 Å². The SMILES string of the molecule is CC1(C)OC(=O)c2cc(C(=O)NCCNc3cncnc3N)ccc2O1. The van der Waals surface area contributed by atoms with Crippen LogP contribution in [-0.4, -0.2) is 40.7 Å². The Morgan fingerprint density at radius 3 is 2.85 bits per heavy atom. The Labute approximate surface area is 149 Å². The maximum absolute atomic E-state index is 12.3. The highest BCUT2D eigenvalue weighted by Crippen LogP contribution is 2.31. The number of carbonyl (C=O) groups excluding carboxylic acids is 2. The van der Waals surface area contributed by atoms with Crippen LogP contribution in [0.4, 0.5) is 11.5 Å². The van der Waals surface area contributed by atoms with Crippen LogP contribution < -0.4 is 21.1 Å². The summed E-state index contributed by atoms with van der Waals surface area (Å²) < 4.78 is 10.7. The van der Waals surface area contributed by atoms with Crippen LogP contribution in [0.5, 0.6) is 5.75 Å². The second-order valence-corrected chi connectivity index (χ2v) is 6.11.